The number of hydrogen-bond acceptors (Lipinski definition) is 7. The van der Waals surface area contributed by atoms with Gasteiger partial charge in [0.05, 0.1) is 24.8 Å². The molecule has 26 heavy (non-hydrogen) atoms. The number of likely N-dealkylation sites (N-methyl/N-ethyl adjacent to an activating group) is 1. The zero-order valence-corrected chi connectivity index (χ0v) is 16.3. The number of halogens is 1. The van der Waals surface area contributed by atoms with E-state index in [9.17, 15) is 0 Å². The van der Waals surface area contributed by atoms with Gasteiger partial charge < -0.3 is 19.3 Å². The van der Waals surface area contributed by atoms with Gasteiger partial charge in [-0.2, -0.15) is 4.98 Å². The maximum absolute atomic E-state index is 6.41. The number of aromatic nitrogens is 2. The molecule has 0 bridgehead atoms. The van der Waals surface area contributed by atoms with Crippen LogP contribution >= 0.6 is 11.6 Å². The molecule has 1 N–H and O–H groups in total. The summed E-state index contributed by atoms with van der Waals surface area (Å²) in [4.78, 5) is 6.77. The van der Waals surface area contributed by atoms with E-state index in [0.29, 0.717) is 46.3 Å². The largest absolute Gasteiger partial charge is 0.493 e. The van der Waals surface area contributed by atoms with Crippen LogP contribution in [0.1, 0.15) is 25.7 Å². The van der Waals surface area contributed by atoms with E-state index in [-0.39, 0.29) is 6.04 Å². The SMILES string of the molecule is COc1cc(-c2nc(C3CNCCN3C)no2)cc(Cl)c1OCC(C)C. The third-order valence-electron chi connectivity index (χ3n) is 4.29. The summed E-state index contributed by atoms with van der Waals surface area (Å²) in [7, 11) is 3.64. The molecule has 1 unspecified atom stereocenters. The van der Waals surface area contributed by atoms with Crippen LogP contribution in [0, 0.1) is 5.92 Å². The number of piperazine rings is 1. The van der Waals surface area contributed by atoms with E-state index in [4.69, 9.17) is 25.6 Å². The Bertz CT molecular complexity index is 750. The van der Waals surface area contributed by atoms with Gasteiger partial charge in [0.1, 0.15) is 0 Å². The smallest absolute Gasteiger partial charge is 0.258 e. The fourth-order valence-electron chi connectivity index (χ4n) is 2.82. The van der Waals surface area contributed by atoms with Crippen LogP contribution in [0.15, 0.2) is 16.7 Å². The first-order valence-electron chi connectivity index (χ1n) is 8.74. The summed E-state index contributed by atoms with van der Waals surface area (Å²) >= 11 is 6.41. The minimum atomic E-state index is 0.0901. The number of nitrogens with zero attached hydrogens (tertiary/aromatic N) is 3. The summed E-state index contributed by atoms with van der Waals surface area (Å²) in [5, 5.41) is 7.96. The van der Waals surface area contributed by atoms with Crippen molar-refractivity contribution < 1.29 is 14.0 Å². The summed E-state index contributed by atoms with van der Waals surface area (Å²) in [5.74, 6) is 2.53. The van der Waals surface area contributed by atoms with E-state index in [1.165, 1.54) is 0 Å². The Hall–Kier alpha value is -1.83. The lowest BCUT2D eigenvalue weighted by Gasteiger charge is -2.30. The molecule has 1 aliphatic rings. The van der Waals surface area contributed by atoms with E-state index in [0.717, 1.165) is 19.6 Å². The monoisotopic (exact) mass is 380 g/mol. The molecule has 1 atom stereocenters. The van der Waals surface area contributed by atoms with E-state index in [2.05, 4.69) is 41.3 Å². The molecular formula is C18H25ClN4O3. The first kappa shape index (κ1) is 18.9. The molecule has 1 saturated heterocycles. The molecule has 2 heterocycles. The van der Waals surface area contributed by atoms with Gasteiger partial charge in [-0.25, -0.2) is 0 Å². The third-order valence-corrected chi connectivity index (χ3v) is 4.57. The first-order valence-corrected chi connectivity index (χ1v) is 9.12. The van der Waals surface area contributed by atoms with Crippen molar-refractivity contribution in [2.75, 3.05) is 40.4 Å². The summed E-state index contributed by atoms with van der Waals surface area (Å²) < 4.78 is 16.7. The zero-order valence-electron chi connectivity index (χ0n) is 15.6. The predicted octanol–water partition coefficient (Wildman–Crippen LogP) is 3.01. The van der Waals surface area contributed by atoms with Crippen molar-refractivity contribution in [2.45, 2.75) is 19.9 Å². The number of hydrogen-bond donors (Lipinski definition) is 1. The van der Waals surface area contributed by atoms with Crippen molar-refractivity contribution in [1.82, 2.24) is 20.4 Å². The Morgan fingerprint density at radius 1 is 1.42 bits per heavy atom. The Kier molecular flexibility index (Phi) is 6.01. The van der Waals surface area contributed by atoms with E-state index in [1.807, 2.05) is 6.07 Å². The third kappa shape index (κ3) is 4.11. The number of ether oxygens (including phenoxy) is 2. The lowest BCUT2D eigenvalue weighted by molar-refractivity contribution is 0.190. The number of benzene rings is 1. The Labute approximate surface area is 158 Å². The minimum absolute atomic E-state index is 0.0901. The average Bonchev–Trinajstić information content (AvgIpc) is 3.10. The molecule has 3 rings (SSSR count). The van der Waals surface area contributed by atoms with Crippen molar-refractivity contribution in [3.8, 4) is 23.0 Å². The first-order chi connectivity index (χ1) is 12.5. The molecule has 7 nitrogen and oxygen atoms in total. The molecule has 1 fully saturated rings. The maximum atomic E-state index is 6.41. The molecule has 1 aliphatic heterocycles. The second-order valence-electron chi connectivity index (χ2n) is 6.85. The van der Waals surface area contributed by atoms with Gasteiger partial charge in [0.15, 0.2) is 17.3 Å². The van der Waals surface area contributed by atoms with Crippen LogP contribution in [-0.4, -0.2) is 55.4 Å². The second-order valence-corrected chi connectivity index (χ2v) is 7.26. The van der Waals surface area contributed by atoms with Gasteiger partial charge in [-0.15, -0.1) is 0 Å². The number of methoxy groups -OCH3 is 1. The normalized spacial score (nSPS) is 18.3. The highest BCUT2D eigenvalue weighted by atomic mass is 35.5. The van der Waals surface area contributed by atoms with Crippen LogP contribution in [0.25, 0.3) is 11.5 Å². The number of rotatable bonds is 6. The van der Waals surface area contributed by atoms with Crippen molar-refractivity contribution in [1.29, 1.82) is 0 Å². The topological polar surface area (TPSA) is 72.7 Å². The van der Waals surface area contributed by atoms with E-state index < -0.39 is 0 Å². The Balaban J connectivity index is 1.86. The van der Waals surface area contributed by atoms with E-state index in [1.54, 1.807) is 13.2 Å². The minimum Gasteiger partial charge on any atom is -0.493 e. The van der Waals surface area contributed by atoms with Crippen LogP contribution in [0.4, 0.5) is 0 Å². The molecule has 0 saturated carbocycles. The Morgan fingerprint density at radius 3 is 2.92 bits per heavy atom. The Morgan fingerprint density at radius 2 is 2.23 bits per heavy atom. The van der Waals surface area contributed by atoms with Crippen molar-refractivity contribution >= 4 is 11.6 Å². The van der Waals surface area contributed by atoms with Crippen LogP contribution in [0.2, 0.25) is 5.02 Å². The number of nitrogens with one attached hydrogen (secondary N) is 1. The average molecular weight is 381 g/mol. The fraction of sp³-hybridized carbons (Fsp3) is 0.556. The van der Waals surface area contributed by atoms with Crippen LogP contribution in [0.3, 0.4) is 0 Å². The summed E-state index contributed by atoms with van der Waals surface area (Å²) in [6.45, 7) is 7.40. The van der Waals surface area contributed by atoms with Crippen molar-refractivity contribution in [2.24, 2.45) is 5.92 Å². The van der Waals surface area contributed by atoms with Crippen LogP contribution < -0.4 is 14.8 Å². The van der Waals surface area contributed by atoms with E-state index >= 15 is 0 Å². The van der Waals surface area contributed by atoms with Crippen LogP contribution in [-0.2, 0) is 0 Å². The molecular weight excluding hydrogens is 356 g/mol. The quantitative estimate of drug-likeness (QED) is 0.825. The second kappa shape index (κ2) is 8.24. The molecule has 0 aliphatic carbocycles. The molecule has 2 aromatic rings. The van der Waals surface area contributed by atoms with Crippen LogP contribution in [0.5, 0.6) is 11.5 Å². The van der Waals surface area contributed by atoms with Gasteiger partial charge >= 0.3 is 0 Å². The standard InChI is InChI=1S/C18H25ClN4O3/c1-11(2)10-25-16-13(19)7-12(8-15(16)24-4)18-21-17(22-26-18)14-9-20-5-6-23(14)3/h7-8,11,14,20H,5-6,9-10H2,1-4H3. The van der Waals surface area contributed by atoms with Crippen molar-refractivity contribution in [3.63, 3.8) is 0 Å². The molecule has 0 spiro atoms. The lowest BCUT2D eigenvalue weighted by Crippen LogP contribution is -2.44. The van der Waals surface area contributed by atoms with Gasteiger partial charge in [0.25, 0.3) is 5.89 Å². The van der Waals surface area contributed by atoms with Gasteiger partial charge in [0.2, 0.25) is 0 Å². The predicted molar refractivity (Wildman–Crippen MR) is 99.9 cm³/mol. The molecule has 0 amide bonds. The summed E-state index contributed by atoms with van der Waals surface area (Å²) in [5.41, 5.74) is 0.703. The van der Waals surface area contributed by atoms with Crippen molar-refractivity contribution in [3.05, 3.63) is 23.0 Å². The lowest BCUT2D eigenvalue weighted by atomic mass is 10.1. The molecule has 8 heteroatoms. The molecule has 1 aromatic heterocycles. The molecule has 1 aromatic carbocycles. The molecule has 0 radical (unpaired) electrons. The highest BCUT2D eigenvalue weighted by Crippen LogP contribution is 2.39. The summed E-state index contributed by atoms with van der Waals surface area (Å²) in [6, 6.07) is 3.66. The van der Waals surface area contributed by atoms with Gasteiger partial charge in [-0.05, 0) is 25.1 Å². The highest BCUT2D eigenvalue weighted by molar-refractivity contribution is 6.32. The zero-order chi connectivity index (χ0) is 18.7. The van der Waals surface area contributed by atoms with Gasteiger partial charge in [0, 0.05) is 25.2 Å². The highest BCUT2D eigenvalue weighted by Gasteiger charge is 2.26. The summed E-state index contributed by atoms with van der Waals surface area (Å²) in [6.07, 6.45) is 0. The van der Waals surface area contributed by atoms with Gasteiger partial charge in [-0.1, -0.05) is 30.6 Å². The fourth-order valence-corrected chi connectivity index (χ4v) is 3.08. The maximum Gasteiger partial charge on any atom is 0.258 e. The van der Waals surface area contributed by atoms with Gasteiger partial charge in [-0.3, -0.25) is 4.90 Å². The molecule has 142 valence electrons.